The third-order valence-corrected chi connectivity index (χ3v) is 8.21. The van der Waals surface area contributed by atoms with Crippen LogP contribution in [0.5, 0.6) is 0 Å². The molecule has 224 valence electrons. The van der Waals surface area contributed by atoms with Gasteiger partial charge in [-0.1, -0.05) is 0 Å². The predicted octanol–water partition coefficient (Wildman–Crippen LogP) is 3.56. The Kier molecular flexibility index (Phi) is 10.6. The fraction of sp³-hybridized carbons (Fsp3) is 0.0500. The van der Waals surface area contributed by atoms with E-state index in [1.165, 1.54) is 30.3 Å². The molecule has 3 aromatic rings. The molecule has 17 nitrogen and oxygen atoms in total. The summed E-state index contributed by atoms with van der Waals surface area (Å²) in [5, 5.41) is 15.1. The highest BCUT2D eigenvalue weighted by Gasteiger charge is 2.23. The van der Waals surface area contributed by atoms with Gasteiger partial charge in [0.1, 0.15) is 26.9 Å². The Morgan fingerprint density at radius 2 is 1.48 bits per heavy atom. The van der Waals surface area contributed by atoms with Gasteiger partial charge in [0.25, 0.3) is 20.2 Å². The second kappa shape index (κ2) is 13.6. The summed E-state index contributed by atoms with van der Waals surface area (Å²) in [4.78, 5) is 9.60. The van der Waals surface area contributed by atoms with Crippen LogP contribution in [0, 0.1) is 0 Å². The molecule has 22 heteroatoms. The van der Waals surface area contributed by atoms with E-state index in [1.807, 2.05) is 0 Å². The highest BCUT2D eigenvalue weighted by molar-refractivity contribution is 7.94. The molecule has 0 aliphatic heterocycles. The van der Waals surface area contributed by atoms with Crippen molar-refractivity contribution in [3.8, 4) is 0 Å². The van der Waals surface area contributed by atoms with Gasteiger partial charge >= 0.3 is 5.97 Å². The summed E-state index contributed by atoms with van der Waals surface area (Å²) in [6.07, 6.45) is 0. The number of nitrogens with zero attached hydrogens (tertiary/aromatic N) is 4. The molecule has 0 fully saturated rings. The van der Waals surface area contributed by atoms with Gasteiger partial charge in [-0.3, -0.25) is 13.3 Å². The molecule has 0 aliphatic carbocycles. The van der Waals surface area contributed by atoms with Crippen LogP contribution in [-0.4, -0.2) is 46.9 Å². The minimum absolute atomic E-state index is 0.000614. The maximum Gasteiger partial charge on any atom is 0.345 e. The lowest BCUT2D eigenvalue weighted by Gasteiger charge is -2.10. The summed E-state index contributed by atoms with van der Waals surface area (Å²) in [5.41, 5.74) is 9.69. The Morgan fingerprint density at radius 1 is 0.857 bits per heavy atom. The van der Waals surface area contributed by atoms with Crippen LogP contribution in [0.3, 0.4) is 0 Å². The largest absolute Gasteiger partial charge is 0.396 e. The number of nitrogen functional groups attached to an aromatic ring is 2. The zero-order chi connectivity index (χ0) is 31.2. The van der Waals surface area contributed by atoms with Gasteiger partial charge in [0.15, 0.2) is 17.3 Å². The average Bonchev–Trinajstić information content (AvgIpc) is 2.91. The van der Waals surface area contributed by atoms with Crippen molar-refractivity contribution < 1.29 is 47.5 Å². The minimum Gasteiger partial charge on any atom is -0.396 e. The topological polar surface area (TPSA) is 280 Å². The lowest BCUT2D eigenvalue weighted by Crippen LogP contribution is -2.05. The van der Waals surface area contributed by atoms with E-state index in [9.17, 15) is 39.2 Å². The molecule has 0 spiro atoms. The highest BCUT2D eigenvalue weighted by atomic mass is 32.2. The number of carbonyl (C=O) groups is 1. The number of hydrogen-bond acceptors (Lipinski definition) is 17. The molecule has 0 bridgehead atoms. The summed E-state index contributed by atoms with van der Waals surface area (Å²) < 4.78 is 98.4. The van der Waals surface area contributed by atoms with E-state index in [2.05, 4.69) is 37.5 Å². The van der Waals surface area contributed by atoms with Crippen molar-refractivity contribution >= 4 is 96.0 Å². The summed E-state index contributed by atoms with van der Waals surface area (Å²) in [6, 6.07) is 9.15. The molecule has 6 N–H and O–H groups in total. The second-order valence-electron chi connectivity index (χ2n) is 7.63. The Hall–Kier alpha value is -3.64. The van der Waals surface area contributed by atoms with E-state index >= 15 is 0 Å². The number of anilines is 2. The van der Waals surface area contributed by atoms with Crippen LogP contribution in [0.4, 0.5) is 34.1 Å². The van der Waals surface area contributed by atoms with Crippen LogP contribution in [0.15, 0.2) is 88.6 Å². The lowest BCUT2D eigenvalue weighted by atomic mass is 10.2. The monoisotopic (exact) mass is 678 g/mol. The molecule has 3 aromatic carbocycles. The van der Waals surface area contributed by atoms with Crippen LogP contribution < -0.4 is 11.5 Å². The first-order valence-electron chi connectivity index (χ1n) is 10.6. The summed E-state index contributed by atoms with van der Waals surface area (Å²) in [5.74, 6) is -0.828. The van der Waals surface area contributed by atoms with E-state index in [0.717, 1.165) is 18.2 Å². The zero-order valence-corrected chi connectivity index (χ0v) is 24.7. The van der Waals surface area contributed by atoms with Crippen molar-refractivity contribution in [2.75, 3.05) is 18.1 Å². The quantitative estimate of drug-likeness (QED) is 0.0556. The van der Waals surface area contributed by atoms with Gasteiger partial charge in [-0.15, -0.1) is 15.3 Å². The number of rotatable bonds is 11. The number of thiol groups is 2. The first-order valence-corrected chi connectivity index (χ1v) is 15.8. The highest BCUT2D eigenvalue weighted by Crippen LogP contribution is 2.43. The zero-order valence-electron chi connectivity index (χ0n) is 20.5. The van der Waals surface area contributed by atoms with Crippen LogP contribution in [-0.2, 0) is 44.1 Å². The number of nitrogens with two attached hydrogens (primary N) is 2. The van der Waals surface area contributed by atoms with Gasteiger partial charge in [0.05, 0.1) is 22.0 Å². The van der Waals surface area contributed by atoms with Gasteiger partial charge in [0, 0.05) is 29.8 Å². The number of hydrogen-bond donors (Lipinski definition) is 6. The van der Waals surface area contributed by atoms with E-state index in [1.54, 1.807) is 0 Å². The molecular formula is C20H18N6O11S5. The first kappa shape index (κ1) is 32.9. The first-order chi connectivity index (χ1) is 19.6. The Balaban J connectivity index is 2.06. The number of carbonyl (C=O) groups excluding carboxylic acids is 1. The molecule has 0 aliphatic rings. The molecule has 42 heavy (non-hydrogen) atoms. The van der Waals surface area contributed by atoms with Gasteiger partial charge in [-0.2, -0.15) is 21.9 Å². The normalized spacial score (nSPS) is 12.4. The fourth-order valence-electron chi connectivity index (χ4n) is 2.93. The Labute approximate surface area is 249 Å². The number of azo groups is 2. The molecule has 0 unspecified atom stereocenters. The average molecular weight is 679 g/mol. The van der Waals surface area contributed by atoms with Gasteiger partial charge < -0.3 is 15.7 Å². The van der Waals surface area contributed by atoms with Crippen molar-refractivity contribution in [3.63, 3.8) is 0 Å². The maximum absolute atomic E-state index is 12.0. The van der Waals surface area contributed by atoms with Crippen LogP contribution in [0.1, 0.15) is 0 Å². The van der Waals surface area contributed by atoms with Crippen molar-refractivity contribution in [2.24, 2.45) is 20.5 Å². The molecular weight excluding hydrogens is 661 g/mol. The van der Waals surface area contributed by atoms with Crippen LogP contribution in [0.2, 0.25) is 0 Å². The summed E-state index contributed by atoms with van der Waals surface area (Å²) >= 11 is 3.88. The summed E-state index contributed by atoms with van der Waals surface area (Å²) in [7, 11) is -12.7. The third kappa shape index (κ3) is 8.45. The molecule has 0 heterocycles. The SMILES string of the molecule is Nc1c(/N=N\c2ccc(SOCC(=O)OS)cc2S(=O)(=O)O)cc(S(=O)(=O)O)c(N)c1/N=N\c1ccc([SH](=O)=O)cc1. The predicted molar refractivity (Wildman–Crippen MR) is 152 cm³/mol. The van der Waals surface area contributed by atoms with Gasteiger partial charge in [-0.25, -0.2) is 13.2 Å². The lowest BCUT2D eigenvalue weighted by molar-refractivity contribution is -0.134. The van der Waals surface area contributed by atoms with E-state index in [4.69, 9.17) is 15.7 Å². The second-order valence-corrected chi connectivity index (χ2v) is 12.5. The standard InChI is InChI=1S/C20H18N6O11S5/c21-18-14(25-24-13-6-3-11(7-15(13)41(30,31)32)39-36-9-17(27)37-38)8-16(42(33,34)35)19(22)20(18)26-23-10-1-4-12(5-2-10)40(28)29/h1-8,38,40H,9,21-22H2,(H,30,31,32)(H,33,34,35)/b25-24-,26-23-. The number of benzene rings is 3. The molecule has 0 aromatic heterocycles. The molecule has 0 amide bonds. The van der Waals surface area contributed by atoms with Gasteiger partial charge in [0.2, 0.25) is 0 Å². The molecule has 0 radical (unpaired) electrons. The smallest absolute Gasteiger partial charge is 0.345 e. The molecule has 0 saturated heterocycles. The van der Waals surface area contributed by atoms with Crippen molar-refractivity contribution in [3.05, 3.63) is 48.5 Å². The van der Waals surface area contributed by atoms with E-state index in [-0.39, 0.29) is 15.5 Å². The Morgan fingerprint density at radius 3 is 2.05 bits per heavy atom. The molecule has 0 saturated carbocycles. The van der Waals surface area contributed by atoms with Crippen molar-refractivity contribution in [1.82, 2.24) is 0 Å². The van der Waals surface area contributed by atoms with Gasteiger partial charge in [-0.05, 0) is 48.5 Å². The minimum atomic E-state index is -4.97. The van der Waals surface area contributed by atoms with Crippen molar-refractivity contribution in [2.45, 2.75) is 19.6 Å². The maximum atomic E-state index is 12.0. The van der Waals surface area contributed by atoms with Crippen LogP contribution >= 0.6 is 25.0 Å². The molecule has 3 rings (SSSR count). The van der Waals surface area contributed by atoms with Crippen LogP contribution in [0.25, 0.3) is 0 Å². The third-order valence-electron chi connectivity index (χ3n) is 4.83. The molecule has 0 atom stereocenters. The van der Waals surface area contributed by atoms with E-state index in [0.29, 0.717) is 12.0 Å². The fourth-order valence-corrected chi connectivity index (χ4v) is 5.32. The van der Waals surface area contributed by atoms with E-state index < -0.39 is 81.7 Å². The Bertz CT molecular complexity index is 1870. The summed E-state index contributed by atoms with van der Waals surface area (Å²) in [6.45, 7) is -0.532. The van der Waals surface area contributed by atoms with Crippen molar-refractivity contribution in [1.29, 1.82) is 0 Å².